The zero-order chi connectivity index (χ0) is 12.6. The molecule has 0 aliphatic carbocycles. The van der Waals surface area contributed by atoms with E-state index in [1.807, 2.05) is 0 Å². The summed E-state index contributed by atoms with van der Waals surface area (Å²) < 4.78 is 0. The Morgan fingerprint density at radius 1 is 1.35 bits per heavy atom. The van der Waals surface area contributed by atoms with E-state index in [4.69, 9.17) is 10.5 Å². The highest BCUT2D eigenvalue weighted by Crippen LogP contribution is 2.27. The quantitative estimate of drug-likeness (QED) is 0.590. The van der Waals surface area contributed by atoms with Crippen LogP contribution in [0.15, 0.2) is 12.1 Å². The predicted octanol–water partition coefficient (Wildman–Crippen LogP) is 0.252. The van der Waals surface area contributed by atoms with Crippen LogP contribution in [-0.4, -0.2) is 23.7 Å². The molecule has 0 aromatic carbocycles. The third-order valence-corrected chi connectivity index (χ3v) is 2.55. The van der Waals surface area contributed by atoms with Gasteiger partial charge < -0.3 is 4.90 Å². The molecule has 0 N–H and O–H groups in total. The van der Waals surface area contributed by atoms with Gasteiger partial charge in [0.1, 0.15) is 17.5 Å². The Morgan fingerprint density at radius 2 is 2.06 bits per heavy atom. The first-order valence-corrected chi connectivity index (χ1v) is 4.72. The maximum absolute atomic E-state index is 11.8. The van der Waals surface area contributed by atoms with Crippen molar-refractivity contribution in [1.29, 1.82) is 10.5 Å². The fraction of sp³-hybridized carbons (Fsp3) is 0.182. The first-order valence-electron chi connectivity index (χ1n) is 4.72. The predicted molar refractivity (Wildman–Crippen MR) is 55.8 cm³/mol. The van der Waals surface area contributed by atoms with Crippen LogP contribution in [0.4, 0.5) is 5.69 Å². The summed E-state index contributed by atoms with van der Waals surface area (Å²) in [6, 6.07) is 6.35. The van der Waals surface area contributed by atoms with E-state index in [1.165, 1.54) is 24.1 Å². The lowest BCUT2D eigenvalue weighted by atomic mass is 9.95. The van der Waals surface area contributed by atoms with Gasteiger partial charge in [-0.25, -0.2) is 4.98 Å². The standard InChI is InChI=1S/C11H6N4O2/c1-15-8-3-2-6(4-12)14-9(8)10(16)7(5-13)11(15)17/h2-3,7H,1H3. The van der Waals surface area contributed by atoms with Gasteiger partial charge in [0.15, 0.2) is 5.92 Å². The van der Waals surface area contributed by atoms with E-state index < -0.39 is 17.6 Å². The number of nitrogens with zero attached hydrogens (tertiary/aromatic N) is 4. The number of Topliss-reactive ketones (excluding diaryl/α,β-unsaturated/α-hetero) is 1. The van der Waals surface area contributed by atoms with Crippen LogP contribution in [0.25, 0.3) is 0 Å². The lowest BCUT2D eigenvalue weighted by Crippen LogP contribution is -2.42. The topological polar surface area (TPSA) is 97.8 Å². The first-order chi connectivity index (χ1) is 8.10. The largest absolute Gasteiger partial charge is 0.312 e. The summed E-state index contributed by atoms with van der Waals surface area (Å²) in [5.74, 6) is -2.59. The highest BCUT2D eigenvalue weighted by Gasteiger charge is 2.39. The molecule has 17 heavy (non-hydrogen) atoms. The average Bonchev–Trinajstić information content (AvgIpc) is 2.36. The van der Waals surface area contributed by atoms with Crippen molar-refractivity contribution < 1.29 is 9.59 Å². The summed E-state index contributed by atoms with van der Waals surface area (Å²) in [6.45, 7) is 0. The van der Waals surface area contributed by atoms with Crippen molar-refractivity contribution in [2.24, 2.45) is 5.92 Å². The molecule has 1 unspecified atom stereocenters. The van der Waals surface area contributed by atoms with Gasteiger partial charge in [-0.05, 0) is 12.1 Å². The van der Waals surface area contributed by atoms with Gasteiger partial charge in [0.05, 0.1) is 11.8 Å². The third kappa shape index (κ3) is 1.44. The second-order valence-electron chi connectivity index (χ2n) is 3.50. The third-order valence-electron chi connectivity index (χ3n) is 2.55. The van der Waals surface area contributed by atoms with Gasteiger partial charge in [-0.15, -0.1) is 0 Å². The fourth-order valence-electron chi connectivity index (χ4n) is 1.64. The zero-order valence-electron chi connectivity index (χ0n) is 8.84. The number of amides is 1. The fourth-order valence-corrected chi connectivity index (χ4v) is 1.64. The van der Waals surface area contributed by atoms with Gasteiger partial charge in [-0.1, -0.05) is 0 Å². The molecule has 1 aromatic rings. The number of fused-ring (bicyclic) bond motifs is 1. The molecule has 1 aliphatic heterocycles. The molecule has 1 amide bonds. The van der Waals surface area contributed by atoms with Crippen LogP contribution in [-0.2, 0) is 4.79 Å². The number of aromatic nitrogens is 1. The molecule has 0 radical (unpaired) electrons. The number of nitriles is 2. The number of anilines is 1. The highest BCUT2D eigenvalue weighted by molar-refractivity contribution is 6.22. The van der Waals surface area contributed by atoms with Gasteiger partial charge in [-0.3, -0.25) is 9.59 Å². The average molecular weight is 226 g/mol. The second kappa shape index (κ2) is 3.69. The van der Waals surface area contributed by atoms with Crippen molar-refractivity contribution in [3.8, 4) is 12.1 Å². The molecule has 0 bridgehead atoms. The monoisotopic (exact) mass is 226 g/mol. The summed E-state index contributed by atoms with van der Waals surface area (Å²) in [7, 11) is 1.46. The van der Waals surface area contributed by atoms with E-state index in [1.54, 1.807) is 12.1 Å². The van der Waals surface area contributed by atoms with Crippen molar-refractivity contribution in [1.82, 2.24) is 4.98 Å². The molecule has 1 atom stereocenters. The minimum absolute atomic E-state index is 0.00213. The molecule has 0 fully saturated rings. The molecule has 6 nitrogen and oxygen atoms in total. The Labute approximate surface area is 96.7 Å². The number of rotatable bonds is 0. The number of carbonyl (C=O) groups is 2. The van der Waals surface area contributed by atoms with Crippen LogP contribution in [0.5, 0.6) is 0 Å². The number of hydrogen-bond acceptors (Lipinski definition) is 5. The summed E-state index contributed by atoms with van der Waals surface area (Å²) in [6.07, 6.45) is 0. The number of ketones is 1. The molecular weight excluding hydrogens is 220 g/mol. The Bertz CT molecular complexity index is 609. The number of pyridine rings is 1. The molecular formula is C11H6N4O2. The second-order valence-corrected chi connectivity index (χ2v) is 3.50. The van der Waals surface area contributed by atoms with Gasteiger partial charge >= 0.3 is 0 Å². The van der Waals surface area contributed by atoms with E-state index in [-0.39, 0.29) is 11.4 Å². The van der Waals surface area contributed by atoms with Crippen LogP contribution in [0.2, 0.25) is 0 Å². The van der Waals surface area contributed by atoms with Gasteiger partial charge in [0.25, 0.3) is 5.91 Å². The van der Waals surface area contributed by atoms with Crippen LogP contribution in [0, 0.1) is 28.6 Å². The van der Waals surface area contributed by atoms with Crippen molar-refractivity contribution in [3.63, 3.8) is 0 Å². The first kappa shape index (κ1) is 10.8. The normalized spacial score (nSPS) is 18.3. The lowest BCUT2D eigenvalue weighted by Gasteiger charge is -2.26. The molecule has 6 heteroatoms. The maximum atomic E-state index is 11.8. The van der Waals surface area contributed by atoms with Gasteiger partial charge in [-0.2, -0.15) is 10.5 Å². The van der Waals surface area contributed by atoms with E-state index >= 15 is 0 Å². The van der Waals surface area contributed by atoms with E-state index in [2.05, 4.69) is 4.98 Å². The highest BCUT2D eigenvalue weighted by atomic mass is 16.2. The van der Waals surface area contributed by atoms with E-state index in [0.717, 1.165) is 0 Å². The van der Waals surface area contributed by atoms with Crippen molar-refractivity contribution in [2.45, 2.75) is 0 Å². The van der Waals surface area contributed by atoms with E-state index in [0.29, 0.717) is 5.69 Å². The molecule has 0 spiro atoms. The van der Waals surface area contributed by atoms with Crippen molar-refractivity contribution >= 4 is 17.4 Å². The molecule has 2 rings (SSSR count). The molecule has 1 aliphatic rings. The SMILES string of the molecule is CN1C(=O)C(C#N)C(=O)c2nc(C#N)ccc21. The van der Waals surface area contributed by atoms with Crippen LogP contribution in [0.1, 0.15) is 16.2 Å². The van der Waals surface area contributed by atoms with Crippen LogP contribution < -0.4 is 4.90 Å². The molecule has 82 valence electrons. The van der Waals surface area contributed by atoms with Gasteiger partial charge in [0.2, 0.25) is 5.78 Å². The zero-order valence-corrected chi connectivity index (χ0v) is 8.84. The summed E-state index contributed by atoms with van der Waals surface area (Å²) >= 11 is 0. The smallest absolute Gasteiger partial charge is 0.252 e. The van der Waals surface area contributed by atoms with E-state index in [9.17, 15) is 9.59 Å². The van der Waals surface area contributed by atoms with Crippen LogP contribution in [0.3, 0.4) is 0 Å². The van der Waals surface area contributed by atoms with Gasteiger partial charge in [0, 0.05) is 7.05 Å². The Hall–Kier alpha value is -2.73. The molecule has 1 aromatic heterocycles. The van der Waals surface area contributed by atoms with Crippen molar-refractivity contribution in [3.05, 3.63) is 23.5 Å². The maximum Gasteiger partial charge on any atom is 0.252 e. The number of carbonyl (C=O) groups excluding carboxylic acids is 2. The Balaban J connectivity index is 2.66. The minimum atomic E-state index is -1.37. The molecule has 2 heterocycles. The van der Waals surface area contributed by atoms with Crippen molar-refractivity contribution in [2.75, 3.05) is 11.9 Å². The number of hydrogen-bond donors (Lipinski definition) is 0. The summed E-state index contributed by atoms with van der Waals surface area (Å²) in [4.78, 5) is 28.6. The molecule has 0 saturated carbocycles. The molecule has 0 saturated heterocycles. The van der Waals surface area contributed by atoms with Crippen LogP contribution >= 0.6 is 0 Å². The summed E-state index contributed by atoms with van der Waals surface area (Å²) in [5.41, 5.74) is 0.403. The minimum Gasteiger partial charge on any atom is -0.312 e. The Kier molecular flexibility index (Phi) is 2.34. The lowest BCUT2D eigenvalue weighted by molar-refractivity contribution is -0.119. The summed E-state index contributed by atoms with van der Waals surface area (Å²) in [5, 5.41) is 17.5. The Morgan fingerprint density at radius 3 is 2.65 bits per heavy atom.